The van der Waals surface area contributed by atoms with Gasteiger partial charge in [-0.05, 0) is 50.6 Å². The van der Waals surface area contributed by atoms with Crippen LogP contribution in [0, 0.1) is 13.8 Å². The molecule has 0 radical (unpaired) electrons. The number of carbonyl (C=O) groups excluding carboxylic acids is 1. The van der Waals surface area contributed by atoms with Gasteiger partial charge in [0.25, 0.3) is 5.78 Å². The van der Waals surface area contributed by atoms with Crippen molar-refractivity contribution in [3.63, 3.8) is 0 Å². The van der Waals surface area contributed by atoms with Crippen LogP contribution in [-0.4, -0.2) is 31.7 Å². The summed E-state index contributed by atoms with van der Waals surface area (Å²) in [6.45, 7) is 8.04. The van der Waals surface area contributed by atoms with E-state index in [1.807, 2.05) is 44.4 Å². The fourth-order valence-corrected chi connectivity index (χ4v) is 4.14. The lowest BCUT2D eigenvalue weighted by molar-refractivity contribution is -0.122. The molecule has 0 spiro atoms. The minimum absolute atomic E-state index is 0.0406. The van der Waals surface area contributed by atoms with Crippen molar-refractivity contribution in [2.45, 2.75) is 57.7 Å². The van der Waals surface area contributed by atoms with Gasteiger partial charge in [-0.15, -0.1) is 5.10 Å². The highest BCUT2D eigenvalue weighted by Crippen LogP contribution is 2.30. The summed E-state index contributed by atoms with van der Waals surface area (Å²) in [6, 6.07) is 7.70. The molecule has 154 valence electrons. The lowest BCUT2D eigenvalue weighted by atomic mass is 9.84. The molecule has 2 aromatic heterocycles. The molecule has 2 heterocycles. The van der Waals surface area contributed by atoms with Crippen LogP contribution in [0.3, 0.4) is 0 Å². The highest BCUT2D eigenvalue weighted by atomic mass is 35.5. The maximum Gasteiger partial charge on any atom is 0.253 e. The van der Waals surface area contributed by atoms with E-state index in [2.05, 4.69) is 34.2 Å². The Kier molecular flexibility index (Phi) is 6.49. The smallest absolute Gasteiger partial charge is 0.253 e. The molecule has 6 nitrogen and oxygen atoms in total. The number of nitrogens with one attached hydrogen (secondary N) is 1. The molecular weight excluding hydrogens is 406 g/mol. The van der Waals surface area contributed by atoms with Gasteiger partial charge < -0.3 is 5.32 Å². The number of hydrogen-bond donors (Lipinski definition) is 1. The van der Waals surface area contributed by atoms with E-state index >= 15 is 0 Å². The zero-order valence-corrected chi connectivity index (χ0v) is 19.0. The molecule has 3 rings (SSSR count). The van der Waals surface area contributed by atoms with Gasteiger partial charge in [0.1, 0.15) is 0 Å². The molecule has 29 heavy (non-hydrogen) atoms. The van der Waals surface area contributed by atoms with E-state index in [1.54, 1.807) is 4.52 Å². The number of aromatic nitrogens is 4. The third kappa shape index (κ3) is 4.26. The highest BCUT2D eigenvalue weighted by Gasteiger charge is 2.30. The van der Waals surface area contributed by atoms with Crippen molar-refractivity contribution < 1.29 is 4.79 Å². The largest absolute Gasteiger partial charge is 0.346 e. The number of benzene rings is 1. The van der Waals surface area contributed by atoms with Gasteiger partial charge in [-0.3, -0.25) is 4.79 Å². The van der Waals surface area contributed by atoms with Crippen LogP contribution < -0.4 is 5.32 Å². The van der Waals surface area contributed by atoms with Crippen LogP contribution in [0.1, 0.15) is 49.2 Å². The van der Waals surface area contributed by atoms with E-state index in [4.69, 9.17) is 11.6 Å². The molecule has 0 fully saturated rings. The van der Waals surface area contributed by atoms with E-state index < -0.39 is 5.54 Å². The standard InChI is InChI=1S/C21H26ClN5OS/c1-6-21(7-2,15-8-10-16(22)11-9-15)25-18(28)12-17-13(3)23-19-24-20(29-5)26-27(19)14(17)4/h8-11H,6-7,12H2,1-5H3,(H,25,28). The van der Waals surface area contributed by atoms with Gasteiger partial charge in [0, 0.05) is 22.0 Å². The summed E-state index contributed by atoms with van der Waals surface area (Å²) in [4.78, 5) is 22.0. The predicted molar refractivity (Wildman–Crippen MR) is 118 cm³/mol. The second kappa shape index (κ2) is 8.71. The fraction of sp³-hybridized carbons (Fsp3) is 0.429. The quantitative estimate of drug-likeness (QED) is 0.558. The Morgan fingerprint density at radius 1 is 1.17 bits per heavy atom. The Labute approximate surface area is 180 Å². The summed E-state index contributed by atoms with van der Waals surface area (Å²) in [6.07, 6.45) is 3.74. The van der Waals surface area contributed by atoms with Gasteiger partial charge in [0.05, 0.1) is 12.0 Å². The van der Waals surface area contributed by atoms with Gasteiger partial charge >= 0.3 is 0 Å². The lowest BCUT2D eigenvalue weighted by Gasteiger charge is -2.34. The molecule has 0 aliphatic rings. The van der Waals surface area contributed by atoms with Crippen molar-refractivity contribution in [1.29, 1.82) is 0 Å². The number of aryl methyl sites for hydroxylation is 2. The minimum atomic E-state index is -0.430. The van der Waals surface area contributed by atoms with Crippen molar-refractivity contribution in [2.24, 2.45) is 0 Å². The van der Waals surface area contributed by atoms with Crippen molar-refractivity contribution >= 4 is 35.0 Å². The number of halogens is 1. The number of nitrogens with zero attached hydrogens (tertiary/aromatic N) is 4. The first kappa shape index (κ1) is 21.6. The first-order valence-corrected chi connectivity index (χ1v) is 11.3. The Hall–Kier alpha value is -2.12. The first-order valence-electron chi connectivity index (χ1n) is 9.67. The van der Waals surface area contributed by atoms with Crippen LogP contribution >= 0.6 is 23.4 Å². The molecule has 8 heteroatoms. The van der Waals surface area contributed by atoms with Gasteiger partial charge in [-0.1, -0.05) is 49.3 Å². The Bertz CT molecular complexity index is 1030. The second-order valence-electron chi connectivity index (χ2n) is 7.09. The lowest BCUT2D eigenvalue weighted by Crippen LogP contribution is -2.45. The molecular formula is C21H26ClN5OS. The van der Waals surface area contributed by atoms with Crippen LogP contribution in [0.5, 0.6) is 0 Å². The van der Waals surface area contributed by atoms with Crippen molar-refractivity contribution in [3.05, 3.63) is 51.8 Å². The van der Waals surface area contributed by atoms with Crippen LogP contribution in [0.4, 0.5) is 0 Å². The topological polar surface area (TPSA) is 72.2 Å². The number of thioether (sulfide) groups is 1. The predicted octanol–water partition coefficient (Wildman–Crippen LogP) is 4.49. The van der Waals surface area contributed by atoms with Gasteiger partial charge in [-0.25, -0.2) is 9.50 Å². The highest BCUT2D eigenvalue weighted by molar-refractivity contribution is 7.98. The van der Waals surface area contributed by atoms with Crippen LogP contribution in [0.2, 0.25) is 5.02 Å². The minimum Gasteiger partial charge on any atom is -0.346 e. The molecule has 0 aliphatic heterocycles. The van der Waals surface area contributed by atoms with Crippen molar-refractivity contribution in [3.8, 4) is 0 Å². The molecule has 0 aliphatic carbocycles. The maximum absolute atomic E-state index is 13.1. The maximum atomic E-state index is 13.1. The van der Waals surface area contributed by atoms with Crippen LogP contribution in [0.25, 0.3) is 5.78 Å². The molecule has 1 aromatic carbocycles. The molecule has 0 saturated heterocycles. The zero-order valence-electron chi connectivity index (χ0n) is 17.4. The van der Waals surface area contributed by atoms with Crippen LogP contribution in [0.15, 0.2) is 29.4 Å². The monoisotopic (exact) mass is 431 g/mol. The number of fused-ring (bicyclic) bond motifs is 1. The molecule has 1 N–H and O–H groups in total. The Morgan fingerprint density at radius 2 is 1.83 bits per heavy atom. The fourth-order valence-electron chi connectivity index (χ4n) is 3.68. The Balaban J connectivity index is 1.90. The third-order valence-corrected chi connectivity index (χ3v) is 6.32. The van der Waals surface area contributed by atoms with Crippen LogP contribution in [-0.2, 0) is 16.8 Å². The second-order valence-corrected chi connectivity index (χ2v) is 8.30. The SMILES string of the molecule is CCC(CC)(NC(=O)Cc1c(C)nc2nc(SC)nn2c1C)c1ccc(Cl)cc1. The van der Waals surface area contributed by atoms with Crippen molar-refractivity contribution in [2.75, 3.05) is 6.26 Å². The number of carbonyl (C=O) groups is 1. The molecule has 3 aromatic rings. The summed E-state index contributed by atoms with van der Waals surface area (Å²) >= 11 is 7.52. The summed E-state index contributed by atoms with van der Waals surface area (Å²) in [5.74, 6) is 0.521. The average Bonchev–Trinajstić information content (AvgIpc) is 3.13. The van der Waals surface area contributed by atoms with Gasteiger partial charge in [0.15, 0.2) is 0 Å². The summed E-state index contributed by atoms with van der Waals surface area (Å²) in [7, 11) is 0. The first-order chi connectivity index (χ1) is 13.8. The average molecular weight is 432 g/mol. The van der Waals surface area contributed by atoms with Crippen molar-refractivity contribution in [1.82, 2.24) is 24.9 Å². The zero-order chi connectivity index (χ0) is 21.2. The molecule has 0 saturated carbocycles. The molecule has 0 atom stereocenters. The van der Waals surface area contributed by atoms with Gasteiger partial charge in [-0.2, -0.15) is 4.98 Å². The molecule has 0 bridgehead atoms. The summed E-state index contributed by atoms with van der Waals surface area (Å²) in [5.41, 5.74) is 3.20. The summed E-state index contributed by atoms with van der Waals surface area (Å²) in [5, 5.41) is 9.09. The molecule has 1 amide bonds. The third-order valence-electron chi connectivity index (χ3n) is 5.53. The van der Waals surface area contributed by atoms with E-state index in [9.17, 15) is 4.79 Å². The Morgan fingerprint density at radius 3 is 2.41 bits per heavy atom. The normalized spacial score (nSPS) is 11.8. The van der Waals surface area contributed by atoms with E-state index in [1.165, 1.54) is 11.8 Å². The van der Waals surface area contributed by atoms with E-state index in [0.29, 0.717) is 16.0 Å². The number of amides is 1. The van der Waals surface area contributed by atoms with E-state index in [-0.39, 0.29) is 12.3 Å². The summed E-state index contributed by atoms with van der Waals surface area (Å²) < 4.78 is 1.72. The molecule has 0 unspecified atom stereocenters. The number of rotatable bonds is 7. The number of hydrogen-bond acceptors (Lipinski definition) is 5. The van der Waals surface area contributed by atoms with E-state index in [0.717, 1.165) is 35.4 Å². The van der Waals surface area contributed by atoms with Gasteiger partial charge in [0.2, 0.25) is 11.1 Å².